The van der Waals surface area contributed by atoms with Crippen LogP contribution in [0.15, 0.2) is 58.5 Å². The van der Waals surface area contributed by atoms with Gasteiger partial charge in [-0.3, -0.25) is 4.90 Å². The maximum atomic E-state index is 6.36. The standard InChI is InChI=1S/C18H19N3OS.2ClH/c19-16-11-21(10-15(16)13-5-2-1-3-6-13)9-14-12-23-18(20-14)17-7-4-8-22-17;;/h1-8,12,15-16H,9-11,19H2;2*1H/t15-,16+;;/m0../s1. The third-order valence-corrected chi connectivity index (χ3v) is 5.24. The van der Waals surface area contributed by atoms with E-state index >= 15 is 0 Å². The molecule has 7 heteroatoms. The summed E-state index contributed by atoms with van der Waals surface area (Å²) in [5.74, 6) is 1.24. The topological polar surface area (TPSA) is 55.3 Å². The first-order chi connectivity index (χ1) is 11.3. The zero-order valence-electron chi connectivity index (χ0n) is 13.6. The molecule has 3 aromatic rings. The summed E-state index contributed by atoms with van der Waals surface area (Å²) < 4.78 is 5.41. The second-order valence-corrected chi connectivity index (χ2v) is 6.85. The van der Waals surface area contributed by atoms with Crippen LogP contribution in [0.1, 0.15) is 17.2 Å². The average molecular weight is 398 g/mol. The van der Waals surface area contributed by atoms with Crippen LogP contribution in [-0.2, 0) is 6.54 Å². The maximum Gasteiger partial charge on any atom is 0.162 e. The third kappa shape index (κ3) is 4.43. The summed E-state index contributed by atoms with van der Waals surface area (Å²) in [5, 5.41) is 3.05. The molecule has 0 spiro atoms. The molecule has 134 valence electrons. The van der Waals surface area contributed by atoms with E-state index in [4.69, 9.17) is 10.2 Å². The Labute approximate surface area is 163 Å². The average Bonchev–Trinajstić information content (AvgIpc) is 3.29. The predicted molar refractivity (Wildman–Crippen MR) is 107 cm³/mol. The summed E-state index contributed by atoms with van der Waals surface area (Å²) in [7, 11) is 0. The van der Waals surface area contributed by atoms with Gasteiger partial charge in [-0.05, 0) is 17.7 Å². The second-order valence-electron chi connectivity index (χ2n) is 6.00. The van der Waals surface area contributed by atoms with Crippen LogP contribution >= 0.6 is 36.2 Å². The van der Waals surface area contributed by atoms with Crippen molar-refractivity contribution in [3.63, 3.8) is 0 Å². The third-order valence-electron chi connectivity index (χ3n) is 4.34. The molecule has 1 aromatic carbocycles. The number of nitrogens with zero attached hydrogens (tertiary/aromatic N) is 2. The Bertz CT molecular complexity index is 764. The van der Waals surface area contributed by atoms with Crippen molar-refractivity contribution in [3.8, 4) is 10.8 Å². The van der Waals surface area contributed by atoms with Crippen LogP contribution in [0.2, 0.25) is 0 Å². The Morgan fingerprint density at radius 1 is 1.12 bits per heavy atom. The van der Waals surface area contributed by atoms with Gasteiger partial charge in [0.2, 0.25) is 0 Å². The fraction of sp³-hybridized carbons (Fsp3) is 0.278. The highest BCUT2D eigenvalue weighted by Crippen LogP contribution is 2.29. The maximum absolute atomic E-state index is 6.36. The molecule has 2 aromatic heterocycles. The van der Waals surface area contributed by atoms with Gasteiger partial charge in [-0.15, -0.1) is 36.2 Å². The summed E-state index contributed by atoms with van der Waals surface area (Å²) in [6.07, 6.45) is 1.68. The van der Waals surface area contributed by atoms with Gasteiger partial charge in [0.15, 0.2) is 10.8 Å². The number of aromatic nitrogens is 1. The SMILES string of the molecule is Cl.Cl.N[C@@H]1CN(Cc2csc(-c3ccco3)n2)C[C@H]1c1ccccc1. The lowest BCUT2D eigenvalue weighted by atomic mass is 9.95. The van der Waals surface area contributed by atoms with Crippen LogP contribution in [-0.4, -0.2) is 29.0 Å². The van der Waals surface area contributed by atoms with Crippen molar-refractivity contribution < 1.29 is 4.42 Å². The van der Waals surface area contributed by atoms with Crippen molar-refractivity contribution in [1.82, 2.24) is 9.88 Å². The van der Waals surface area contributed by atoms with Crippen LogP contribution in [0, 0.1) is 0 Å². The molecule has 1 fully saturated rings. The van der Waals surface area contributed by atoms with Gasteiger partial charge in [0.05, 0.1) is 12.0 Å². The molecule has 0 unspecified atom stereocenters. The first kappa shape index (κ1) is 19.9. The molecule has 1 saturated heterocycles. The van der Waals surface area contributed by atoms with Crippen molar-refractivity contribution in [1.29, 1.82) is 0 Å². The molecule has 25 heavy (non-hydrogen) atoms. The van der Waals surface area contributed by atoms with Crippen LogP contribution in [0.5, 0.6) is 0 Å². The lowest BCUT2D eigenvalue weighted by Gasteiger charge is -2.15. The number of hydrogen-bond donors (Lipinski definition) is 1. The summed E-state index contributed by atoms with van der Waals surface area (Å²) in [4.78, 5) is 7.07. The highest BCUT2D eigenvalue weighted by Gasteiger charge is 2.31. The van der Waals surface area contributed by atoms with E-state index in [0.29, 0.717) is 5.92 Å². The summed E-state index contributed by atoms with van der Waals surface area (Å²) >= 11 is 1.63. The van der Waals surface area contributed by atoms with Crippen molar-refractivity contribution in [2.24, 2.45) is 5.73 Å². The summed E-state index contributed by atoms with van der Waals surface area (Å²) in [5.41, 5.74) is 8.78. The largest absolute Gasteiger partial charge is 0.462 e. The van der Waals surface area contributed by atoms with Crippen molar-refractivity contribution in [2.45, 2.75) is 18.5 Å². The molecule has 1 aliphatic heterocycles. The van der Waals surface area contributed by atoms with Crippen LogP contribution in [0.25, 0.3) is 10.8 Å². The van der Waals surface area contributed by atoms with Gasteiger partial charge in [-0.1, -0.05) is 30.3 Å². The van der Waals surface area contributed by atoms with E-state index in [1.165, 1.54) is 5.56 Å². The molecule has 2 N–H and O–H groups in total. The number of furan rings is 1. The van der Waals surface area contributed by atoms with E-state index < -0.39 is 0 Å². The second kappa shape index (κ2) is 8.83. The van der Waals surface area contributed by atoms with E-state index in [0.717, 1.165) is 36.1 Å². The fourth-order valence-corrected chi connectivity index (χ4v) is 3.99. The van der Waals surface area contributed by atoms with E-state index in [1.54, 1.807) is 17.6 Å². The van der Waals surface area contributed by atoms with Gasteiger partial charge < -0.3 is 10.2 Å². The molecular weight excluding hydrogens is 377 g/mol. The first-order valence-electron chi connectivity index (χ1n) is 7.81. The van der Waals surface area contributed by atoms with Crippen LogP contribution in [0.4, 0.5) is 0 Å². The number of nitrogens with two attached hydrogens (primary N) is 1. The summed E-state index contributed by atoms with van der Waals surface area (Å²) in [6.45, 7) is 2.74. The van der Waals surface area contributed by atoms with Gasteiger partial charge in [0.25, 0.3) is 0 Å². The van der Waals surface area contributed by atoms with Gasteiger partial charge in [0.1, 0.15) is 0 Å². The van der Waals surface area contributed by atoms with E-state index in [-0.39, 0.29) is 30.9 Å². The zero-order chi connectivity index (χ0) is 15.6. The minimum atomic E-state index is 0. The molecule has 2 atom stereocenters. The Balaban J connectivity index is 0.00000113. The molecule has 0 amide bonds. The van der Waals surface area contributed by atoms with E-state index in [1.807, 2.05) is 18.2 Å². The molecule has 0 saturated carbocycles. The number of thiazole rings is 1. The molecule has 4 nitrogen and oxygen atoms in total. The normalized spacial score (nSPS) is 20.0. The minimum Gasteiger partial charge on any atom is -0.462 e. The van der Waals surface area contributed by atoms with Gasteiger partial charge in [-0.2, -0.15) is 0 Å². The highest BCUT2D eigenvalue weighted by atomic mass is 35.5. The molecule has 0 radical (unpaired) electrons. The Kier molecular flexibility index (Phi) is 7.04. The van der Waals surface area contributed by atoms with Gasteiger partial charge >= 0.3 is 0 Å². The quantitative estimate of drug-likeness (QED) is 0.717. The molecule has 0 aliphatic carbocycles. The summed E-state index contributed by atoms with van der Waals surface area (Å²) in [6, 6.07) is 14.6. The van der Waals surface area contributed by atoms with Crippen LogP contribution < -0.4 is 5.73 Å². The number of likely N-dealkylation sites (tertiary alicyclic amines) is 1. The molecule has 4 rings (SSSR count). The highest BCUT2D eigenvalue weighted by molar-refractivity contribution is 7.13. The zero-order valence-corrected chi connectivity index (χ0v) is 16.0. The Morgan fingerprint density at radius 3 is 2.64 bits per heavy atom. The van der Waals surface area contributed by atoms with Crippen LogP contribution in [0.3, 0.4) is 0 Å². The first-order valence-corrected chi connectivity index (χ1v) is 8.69. The van der Waals surface area contributed by atoms with E-state index in [9.17, 15) is 0 Å². The lowest BCUT2D eigenvalue weighted by Crippen LogP contribution is -2.28. The Morgan fingerprint density at radius 2 is 1.92 bits per heavy atom. The van der Waals surface area contributed by atoms with Crippen molar-refractivity contribution >= 4 is 36.2 Å². The van der Waals surface area contributed by atoms with Gasteiger partial charge in [0, 0.05) is 37.0 Å². The minimum absolute atomic E-state index is 0. The molecule has 0 bridgehead atoms. The number of hydrogen-bond acceptors (Lipinski definition) is 5. The van der Waals surface area contributed by atoms with Gasteiger partial charge in [-0.25, -0.2) is 4.98 Å². The number of benzene rings is 1. The van der Waals surface area contributed by atoms with E-state index in [2.05, 4.69) is 39.5 Å². The predicted octanol–water partition coefficient (Wildman–Crippen LogP) is 4.17. The van der Waals surface area contributed by atoms with Crippen molar-refractivity contribution in [3.05, 3.63) is 65.4 Å². The molecular formula is C18H21Cl2N3OS. The smallest absolute Gasteiger partial charge is 0.162 e. The monoisotopic (exact) mass is 397 g/mol. The molecule has 3 heterocycles. The number of halogens is 2. The van der Waals surface area contributed by atoms with Crippen molar-refractivity contribution in [2.75, 3.05) is 13.1 Å². The number of rotatable bonds is 4. The lowest BCUT2D eigenvalue weighted by molar-refractivity contribution is 0.320. The molecule has 1 aliphatic rings. The fourth-order valence-electron chi connectivity index (χ4n) is 3.22. The Hall–Kier alpha value is -1.37.